The van der Waals surface area contributed by atoms with Crippen molar-refractivity contribution < 1.29 is 4.74 Å². The van der Waals surface area contributed by atoms with Gasteiger partial charge in [-0.15, -0.1) is 12.4 Å². The number of ether oxygens (including phenoxy) is 1. The fourth-order valence-corrected chi connectivity index (χ4v) is 3.39. The first-order chi connectivity index (χ1) is 9.13. The Kier molecular flexibility index (Phi) is 8.37. The first-order valence-corrected chi connectivity index (χ1v) is 7.90. The summed E-state index contributed by atoms with van der Waals surface area (Å²) in [6.07, 6.45) is 3.51. The van der Waals surface area contributed by atoms with E-state index in [-0.39, 0.29) is 12.4 Å². The van der Waals surface area contributed by atoms with Crippen molar-refractivity contribution in [3.63, 3.8) is 0 Å². The molecule has 2 aliphatic rings. The van der Waals surface area contributed by atoms with Crippen LogP contribution in [-0.2, 0) is 4.74 Å². The van der Waals surface area contributed by atoms with Crippen molar-refractivity contribution in [2.75, 3.05) is 52.9 Å². The highest BCUT2D eigenvalue weighted by Gasteiger charge is 2.22. The Morgan fingerprint density at radius 3 is 2.55 bits per heavy atom. The molecule has 20 heavy (non-hydrogen) atoms. The van der Waals surface area contributed by atoms with Gasteiger partial charge in [0.25, 0.3) is 0 Å². The number of rotatable bonds is 5. The van der Waals surface area contributed by atoms with Gasteiger partial charge in [-0.2, -0.15) is 0 Å². The zero-order valence-corrected chi connectivity index (χ0v) is 14.1. The minimum absolute atomic E-state index is 0. The van der Waals surface area contributed by atoms with Crippen LogP contribution in [-0.4, -0.2) is 74.9 Å². The topological polar surface area (TPSA) is 27.7 Å². The lowest BCUT2D eigenvalue weighted by Crippen LogP contribution is -2.48. The van der Waals surface area contributed by atoms with Crippen LogP contribution in [0.5, 0.6) is 0 Å². The Balaban J connectivity index is 0.00000200. The second-order valence-electron chi connectivity index (χ2n) is 6.49. The van der Waals surface area contributed by atoms with Gasteiger partial charge in [-0.25, -0.2) is 0 Å². The molecule has 0 spiro atoms. The zero-order chi connectivity index (χ0) is 13.7. The van der Waals surface area contributed by atoms with E-state index < -0.39 is 0 Å². The molecule has 1 unspecified atom stereocenters. The Labute approximate surface area is 130 Å². The smallest absolute Gasteiger partial charge is 0.0678 e. The number of piperidine rings is 1. The third-order valence-corrected chi connectivity index (χ3v) is 4.26. The van der Waals surface area contributed by atoms with E-state index in [1.165, 1.54) is 45.6 Å². The minimum Gasteiger partial charge on any atom is -0.373 e. The van der Waals surface area contributed by atoms with Crippen LogP contribution in [0.4, 0.5) is 0 Å². The summed E-state index contributed by atoms with van der Waals surface area (Å²) in [6, 6.07) is 0. The molecule has 0 aliphatic carbocycles. The van der Waals surface area contributed by atoms with Gasteiger partial charge >= 0.3 is 0 Å². The van der Waals surface area contributed by atoms with Gasteiger partial charge in [-0.3, -0.25) is 4.90 Å². The summed E-state index contributed by atoms with van der Waals surface area (Å²) < 4.78 is 5.78. The van der Waals surface area contributed by atoms with Gasteiger partial charge < -0.3 is 15.0 Å². The van der Waals surface area contributed by atoms with Crippen LogP contribution >= 0.6 is 12.4 Å². The predicted octanol–water partition coefficient (Wildman–Crippen LogP) is 1.45. The maximum Gasteiger partial charge on any atom is 0.0678 e. The molecule has 0 aromatic rings. The quantitative estimate of drug-likeness (QED) is 0.832. The van der Waals surface area contributed by atoms with E-state index in [0.717, 1.165) is 19.0 Å². The normalized spacial score (nSPS) is 32.1. The van der Waals surface area contributed by atoms with Crippen molar-refractivity contribution in [2.45, 2.75) is 38.9 Å². The molecule has 0 bridgehead atoms. The lowest BCUT2D eigenvalue weighted by Gasteiger charge is -2.36. The summed E-state index contributed by atoms with van der Waals surface area (Å²) in [5, 5.41) is 3.50. The molecule has 2 saturated heterocycles. The van der Waals surface area contributed by atoms with Gasteiger partial charge in [0.05, 0.1) is 12.2 Å². The molecule has 2 rings (SSSR count). The molecule has 120 valence electrons. The molecule has 0 aromatic heterocycles. The molecular formula is C15H32ClN3O. The molecule has 0 amide bonds. The molecule has 1 N–H and O–H groups in total. The van der Waals surface area contributed by atoms with Gasteiger partial charge in [-0.1, -0.05) is 0 Å². The van der Waals surface area contributed by atoms with Gasteiger partial charge in [0.15, 0.2) is 0 Å². The second-order valence-corrected chi connectivity index (χ2v) is 6.49. The Bertz CT molecular complexity index is 252. The van der Waals surface area contributed by atoms with Crippen LogP contribution < -0.4 is 5.32 Å². The van der Waals surface area contributed by atoms with Gasteiger partial charge in [0.1, 0.15) is 0 Å². The van der Waals surface area contributed by atoms with E-state index in [1.54, 1.807) is 0 Å². The lowest BCUT2D eigenvalue weighted by atomic mass is 9.99. The number of hydrogen-bond donors (Lipinski definition) is 1. The zero-order valence-electron chi connectivity index (χ0n) is 13.3. The fourth-order valence-electron chi connectivity index (χ4n) is 3.39. The van der Waals surface area contributed by atoms with Crippen molar-refractivity contribution >= 4 is 12.4 Å². The number of likely N-dealkylation sites (N-methyl/N-ethyl adjacent to an activating group) is 1. The first-order valence-electron chi connectivity index (χ1n) is 7.90. The summed E-state index contributed by atoms with van der Waals surface area (Å²) in [4.78, 5) is 5.05. The largest absolute Gasteiger partial charge is 0.373 e. The minimum atomic E-state index is 0. The summed E-state index contributed by atoms with van der Waals surface area (Å²) >= 11 is 0. The maximum atomic E-state index is 5.78. The van der Waals surface area contributed by atoms with Gasteiger partial charge in [0.2, 0.25) is 0 Å². The Hall–Kier alpha value is 0.130. The van der Waals surface area contributed by atoms with E-state index in [4.69, 9.17) is 4.74 Å². The molecule has 0 radical (unpaired) electrons. The molecular weight excluding hydrogens is 274 g/mol. The number of hydrogen-bond acceptors (Lipinski definition) is 4. The van der Waals surface area contributed by atoms with Crippen molar-refractivity contribution in [3.05, 3.63) is 0 Å². The highest BCUT2D eigenvalue weighted by Crippen LogP contribution is 2.12. The van der Waals surface area contributed by atoms with Crippen LogP contribution in [0.1, 0.15) is 26.7 Å². The number of morpholine rings is 1. The third kappa shape index (κ3) is 6.27. The average molecular weight is 306 g/mol. The molecule has 2 aliphatic heterocycles. The molecule has 5 heteroatoms. The van der Waals surface area contributed by atoms with Gasteiger partial charge in [0, 0.05) is 32.7 Å². The fraction of sp³-hybridized carbons (Fsp3) is 1.00. The van der Waals surface area contributed by atoms with E-state index in [9.17, 15) is 0 Å². The average Bonchev–Trinajstić information content (AvgIpc) is 2.36. The first kappa shape index (κ1) is 18.2. The van der Waals surface area contributed by atoms with Crippen molar-refractivity contribution in [2.24, 2.45) is 5.92 Å². The van der Waals surface area contributed by atoms with Crippen LogP contribution in [0.15, 0.2) is 0 Å². The summed E-state index contributed by atoms with van der Waals surface area (Å²) in [5.74, 6) is 0.848. The maximum absolute atomic E-state index is 5.78. The van der Waals surface area contributed by atoms with E-state index in [2.05, 4.69) is 36.0 Å². The predicted molar refractivity (Wildman–Crippen MR) is 86.8 cm³/mol. The highest BCUT2D eigenvalue weighted by molar-refractivity contribution is 5.85. The van der Waals surface area contributed by atoms with Crippen LogP contribution in [0.3, 0.4) is 0 Å². The van der Waals surface area contributed by atoms with E-state index >= 15 is 0 Å². The number of nitrogens with one attached hydrogen (secondary N) is 1. The SMILES string of the molecule is C[C@@H]1CN(CCN(C)CC2CCCNC2)C[C@H](C)O1.Cl. The second kappa shape index (κ2) is 9.21. The monoisotopic (exact) mass is 305 g/mol. The standard InChI is InChI=1S/C15H31N3O.ClH/c1-13-10-18(11-14(2)19-13)8-7-17(3)12-15-5-4-6-16-9-15;/h13-16H,4-12H2,1-3H3;1H/t13-,14+,15?;. The van der Waals surface area contributed by atoms with Crippen LogP contribution in [0, 0.1) is 5.92 Å². The molecule has 0 saturated carbocycles. The molecule has 2 heterocycles. The molecule has 2 fully saturated rings. The van der Waals surface area contributed by atoms with E-state index in [1.807, 2.05) is 0 Å². The number of halogens is 1. The van der Waals surface area contributed by atoms with Crippen LogP contribution in [0.2, 0.25) is 0 Å². The Morgan fingerprint density at radius 2 is 1.95 bits per heavy atom. The third-order valence-electron chi connectivity index (χ3n) is 4.26. The summed E-state index contributed by atoms with van der Waals surface area (Å²) in [6.45, 7) is 12.5. The molecule has 4 nitrogen and oxygen atoms in total. The van der Waals surface area contributed by atoms with Crippen molar-refractivity contribution in [1.29, 1.82) is 0 Å². The number of nitrogens with zero attached hydrogens (tertiary/aromatic N) is 2. The summed E-state index contributed by atoms with van der Waals surface area (Å²) in [5.41, 5.74) is 0. The Morgan fingerprint density at radius 1 is 1.25 bits per heavy atom. The lowest BCUT2D eigenvalue weighted by molar-refractivity contribution is -0.0691. The van der Waals surface area contributed by atoms with Crippen LogP contribution in [0.25, 0.3) is 0 Å². The van der Waals surface area contributed by atoms with Crippen molar-refractivity contribution in [3.8, 4) is 0 Å². The van der Waals surface area contributed by atoms with Gasteiger partial charge in [-0.05, 0) is 52.7 Å². The van der Waals surface area contributed by atoms with E-state index in [0.29, 0.717) is 12.2 Å². The molecule has 0 aromatic carbocycles. The highest BCUT2D eigenvalue weighted by atomic mass is 35.5. The molecule has 3 atom stereocenters. The summed E-state index contributed by atoms with van der Waals surface area (Å²) in [7, 11) is 2.27. The van der Waals surface area contributed by atoms with Crippen molar-refractivity contribution in [1.82, 2.24) is 15.1 Å².